The second-order valence-corrected chi connectivity index (χ2v) is 6.52. The molecule has 0 aromatic heterocycles. The fourth-order valence-electron chi connectivity index (χ4n) is 3.01. The molecule has 124 valence electrons. The molecule has 2 rings (SSSR count). The molecule has 0 aliphatic carbocycles. The molecule has 1 unspecified atom stereocenters. The Morgan fingerprint density at radius 1 is 1.27 bits per heavy atom. The maximum Gasteiger partial charge on any atom is 0.129 e. The summed E-state index contributed by atoms with van der Waals surface area (Å²) in [5.41, 5.74) is 0.0507. The summed E-state index contributed by atoms with van der Waals surface area (Å²) in [6.07, 6.45) is 2.43. The molecule has 0 radical (unpaired) electrons. The summed E-state index contributed by atoms with van der Waals surface area (Å²) in [6, 6.07) is 3.23. The number of aliphatic hydroxyl groups excluding tert-OH is 1. The first-order valence-electron chi connectivity index (χ1n) is 7.96. The quantitative estimate of drug-likeness (QED) is 0.875. The molecule has 0 amide bonds. The van der Waals surface area contributed by atoms with Crippen LogP contribution in [0.15, 0.2) is 18.2 Å². The number of hydrogen-bond donors (Lipinski definition) is 1. The van der Waals surface area contributed by atoms with Crippen molar-refractivity contribution in [2.45, 2.75) is 25.4 Å². The van der Waals surface area contributed by atoms with Gasteiger partial charge in [-0.05, 0) is 77.1 Å². The lowest BCUT2D eigenvalue weighted by molar-refractivity contribution is 0.0844. The third kappa shape index (κ3) is 5.00. The molecule has 1 fully saturated rings. The van der Waals surface area contributed by atoms with Gasteiger partial charge in [0.2, 0.25) is 0 Å². The monoisotopic (exact) mass is 312 g/mol. The summed E-state index contributed by atoms with van der Waals surface area (Å²) in [6.45, 7) is 3.28. The van der Waals surface area contributed by atoms with Gasteiger partial charge in [-0.15, -0.1) is 0 Å². The van der Waals surface area contributed by atoms with Gasteiger partial charge in [0, 0.05) is 12.1 Å². The van der Waals surface area contributed by atoms with Gasteiger partial charge in [-0.2, -0.15) is 0 Å². The Balaban J connectivity index is 1.81. The van der Waals surface area contributed by atoms with E-state index in [4.69, 9.17) is 0 Å². The number of benzene rings is 1. The molecule has 1 N–H and O–H groups in total. The molecule has 1 saturated heterocycles. The Labute approximate surface area is 131 Å². The predicted octanol–water partition coefficient (Wildman–Crippen LogP) is 2.66. The van der Waals surface area contributed by atoms with Crippen molar-refractivity contribution in [2.75, 3.05) is 40.3 Å². The average molecular weight is 312 g/mol. The first kappa shape index (κ1) is 17.3. The number of aliphatic hydroxyl groups is 1. The zero-order valence-corrected chi connectivity index (χ0v) is 13.4. The molecule has 5 heteroatoms. The Morgan fingerprint density at radius 3 is 2.59 bits per heavy atom. The predicted molar refractivity (Wildman–Crippen MR) is 83.7 cm³/mol. The van der Waals surface area contributed by atoms with Crippen LogP contribution >= 0.6 is 0 Å². The highest BCUT2D eigenvalue weighted by atomic mass is 19.1. The lowest BCUT2D eigenvalue weighted by Crippen LogP contribution is -2.37. The van der Waals surface area contributed by atoms with Crippen molar-refractivity contribution in [1.29, 1.82) is 0 Å². The average Bonchev–Trinajstić information content (AvgIpc) is 2.49. The van der Waals surface area contributed by atoms with Crippen LogP contribution in [0.1, 0.15) is 30.9 Å². The molecule has 0 saturated carbocycles. The van der Waals surface area contributed by atoms with E-state index < -0.39 is 17.7 Å². The van der Waals surface area contributed by atoms with E-state index in [0.29, 0.717) is 6.54 Å². The molecule has 1 aromatic rings. The number of halogens is 2. The van der Waals surface area contributed by atoms with E-state index in [9.17, 15) is 13.9 Å². The molecule has 1 aliphatic heterocycles. The highest BCUT2D eigenvalue weighted by Gasteiger charge is 2.23. The first-order valence-corrected chi connectivity index (χ1v) is 7.96. The summed E-state index contributed by atoms with van der Waals surface area (Å²) in [5, 5.41) is 10.2. The third-order valence-electron chi connectivity index (χ3n) is 4.44. The molecular formula is C17H26F2N2O. The summed E-state index contributed by atoms with van der Waals surface area (Å²) in [7, 11) is 4.16. The number of β-amino-alcohol motifs (C(OH)–C–C–N with tert-alkyl or cyclic N) is 1. The van der Waals surface area contributed by atoms with Gasteiger partial charge in [0.1, 0.15) is 11.6 Å². The smallest absolute Gasteiger partial charge is 0.129 e. The molecule has 3 nitrogen and oxygen atoms in total. The second kappa shape index (κ2) is 7.99. The summed E-state index contributed by atoms with van der Waals surface area (Å²) in [4.78, 5) is 4.34. The highest BCUT2D eigenvalue weighted by molar-refractivity contribution is 5.21. The van der Waals surface area contributed by atoms with Crippen molar-refractivity contribution < 1.29 is 13.9 Å². The first-order chi connectivity index (χ1) is 10.5. The minimum absolute atomic E-state index is 0.0507. The van der Waals surface area contributed by atoms with Crippen molar-refractivity contribution in [2.24, 2.45) is 5.92 Å². The maximum absolute atomic E-state index is 13.7. The zero-order valence-electron chi connectivity index (χ0n) is 13.4. The number of rotatable bonds is 6. The molecule has 1 aliphatic rings. The van der Waals surface area contributed by atoms with Crippen LogP contribution < -0.4 is 0 Å². The maximum atomic E-state index is 13.7. The topological polar surface area (TPSA) is 26.7 Å². The van der Waals surface area contributed by atoms with Gasteiger partial charge in [-0.3, -0.25) is 0 Å². The van der Waals surface area contributed by atoms with E-state index in [-0.39, 0.29) is 5.56 Å². The van der Waals surface area contributed by atoms with Crippen molar-refractivity contribution in [3.63, 3.8) is 0 Å². The van der Waals surface area contributed by atoms with Crippen LogP contribution in [-0.4, -0.2) is 55.2 Å². The largest absolute Gasteiger partial charge is 0.387 e. The van der Waals surface area contributed by atoms with E-state index in [1.165, 1.54) is 6.42 Å². The van der Waals surface area contributed by atoms with Gasteiger partial charge >= 0.3 is 0 Å². The standard InChI is InChI=1S/C17H26F2N2O/c1-20(2)8-5-13-6-9-21(10-7-13)12-17(22)15-11-14(18)3-4-16(15)19/h3-4,11,13,17,22H,5-10,12H2,1-2H3. The molecule has 1 heterocycles. The number of piperidine rings is 1. The van der Waals surface area contributed by atoms with Crippen molar-refractivity contribution >= 4 is 0 Å². The third-order valence-corrected chi connectivity index (χ3v) is 4.44. The number of hydrogen-bond acceptors (Lipinski definition) is 3. The molecule has 1 aromatic carbocycles. The van der Waals surface area contributed by atoms with E-state index in [1.807, 2.05) is 0 Å². The fraction of sp³-hybridized carbons (Fsp3) is 0.647. The van der Waals surface area contributed by atoms with E-state index in [1.54, 1.807) is 0 Å². The molecule has 0 spiro atoms. The number of likely N-dealkylation sites (tertiary alicyclic amines) is 1. The van der Waals surface area contributed by atoms with Gasteiger partial charge < -0.3 is 14.9 Å². The van der Waals surface area contributed by atoms with E-state index >= 15 is 0 Å². The summed E-state index contributed by atoms with van der Waals surface area (Å²) in [5.74, 6) is -0.339. The Bertz CT molecular complexity index is 474. The zero-order chi connectivity index (χ0) is 16.1. The lowest BCUT2D eigenvalue weighted by atomic mass is 9.93. The Morgan fingerprint density at radius 2 is 1.95 bits per heavy atom. The van der Waals surface area contributed by atoms with Gasteiger partial charge in [0.05, 0.1) is 6.10 Å². The van der Waals surface area contributed by atoms with Crippen LogP contribution in [0.5, 0.6) is 0 Å². The van der Waals surface area contributed by atoms with Crippen LogP contribution in [0.3, 0.4) is 0 Å². The lowest BCUT2D eigenvalue weighted by Gasteiger charge is -2.33. The number of nitrogens with zero attached hydrogens (tertiary/aromatic N) is 2. The van der Waals surface area contributed by atoms with Crippen molar-refractivity contribution in [3.8, 4) is 0 Å². The van der Waals surface area contributed by atoms with Crippen molar-refractivity contribution in [1.82, 2.24) is 9.80 Å². The van der Waals surface area contributed by atoms with Gasteiger partial charge in [-0.25, -0.2) is 8.78 Å². The van der Waals surface area contributed by atoms with Crippen LogP contribution in [0.2, 0.25) is 0 Å². The van der Waals surface area contributed by atoms with Crippen molar-refractivity contribution in [3.05, 3.63) is 35.4 Å². The highest BCUT2D eigenvalue weighted by Crippen LogP contribution is 2.24. The molecule has 1 atom stereocenters. The van der Waals surface area contributed by atoms with E-state index in [0.717, 1.165) is 56.6 Å². The Kier molecular flexibility index (Phi) is 6.29. The Hall–Kier alpha value is -1.04. The molecular weight excluding hydrogens is 286 g/mol. The SMILES string of the molecule is CN(C)CCC1CCN(CC(O)c2cc(F)ccc2F)CC1. The minimum atomic E-state index is -0.978. The van der Waals surface area contributed by atoms with Crippen LogP contribution in [0.25, 0.3) is 0 Å². The normalized spacial score (nSPS) is 18.8. The van der Waals surface area contributed by atoms with Crippen LogP contribution in [0.4, 0.5) is 8.78 Å². The summed E-state index contributed by atoms with van der Waals surface area (Å²) < 4.78 is 26.9. The van der Waals surface area contributed by atoms with Gasteiger partial charge in [0.25, 0.3) is 0 Å². The van der Waals surface area contributed by atoms with Gasteiger partial charge in [-0.1, -0.05) is 0 Å². The van der Waals surface area contributed by atoms with Gasteiger partial charge in [0.15, 0.2) is 0 Å². The minimum Gasteiger partial charge on any atom is -0.387 e. The fourth-order valence-corrected chi connectivity index (χ4v) is 3.01. The van der Waals surface area contributed by atoms with Crippen LogP contribution in [-0.2, 0) is 0 Å². The molecule has 0 bridgehead atoms. The van der Waals surface area contributed by atoms with Crippen LogP contribution in [0, 0.1) is 17.6 Å². The second-order valence-electron chi connectivity index (χ2n) is 6.52. The summed E-state index contributed by atoms with van der Waals surface area (Å²) >= 11 is 0. The van der Waals surface area contributed by atoms with E-state index in [2.05, 4.69) is 23.9 Å². The molecule has 22 heavy (non-hydrogen) atoms.